The zero-order valence-electron chi connectivity index (χ0n) is 9.06. The van der Waals surface area contributed by atoms with Crippen molar-refractivity contribution in [3.05, 3.63) is 11.9 Å². The van der Waals surface area contributed by atoms with E-state index < -0.39 is 10.0 Å². The highest BCUT2D eigenvalue weighted by Crippen LogP contribution is 2.09. The van der Waals surface area contributed by atoms with Gasteiger partial charge in [-0.15, -0.1) is 0 Å². The summed E-state index contributed by atoms with van der Waals surface area (Å²) in [6, 6.07) is 0. The Bertz CT molecular complexity index is 415. The Morgan fingerprint density at radius 2 is 2.31 bits per heavy atom. The minimum Gasteiger partial charge on any atom is -0.379 e. The van der Waals surface area contributed by atoms with Gasteiger partial charge in [0.2, 0.25) is 10.0 Å². The highest BCUT2D eigenvalue weighted by molar-refractivity contribution is 7.89. The van der Waals surface area contributed by atoms with Crippen LogP contribution in [0.5, 0.6) is 0 Å². The standard InChI is InChI=1S/C8H16N4O3S/c1-7-8(6-10-12-7)16(13,14)11-3-5-15-4-2-9/h6,11H,2-5,9H2,1H3,(H,10,12). The molecule has 0 radical (unpaired) electrons. The lowest BCUT2D eigenvalue weighted by Gasteiger charge is -2.05. The SMILES string of the molecule is Cc1[nH]ncc1S(=O)(=O)NCCOCCN. The molecule has 4 N–H and O–H groups in total. The van der Waals surface area contributed by atoms with E-state index in [2.05, 4.69) is 14.9 Å². The van der Waals surface area contributed by atoms with Gasteiger partial charge in [-0.1, -0.05) is 0 Å². The fraction of sp³-hybridized carbons (Fsp3) is 0.625. The number of hydrogen-bond acceptors (Lipinski definition) is 5. The number of aromatic nitrogens is 2. The molecule has 0 spiro atoms. The van der Waals surface area contributed by atoms with Crippen molar-refractivity contribution in [1.29, 1.82) is 0 Å². The fourth-order valence-electron chi connectivity index (χ4n) is 1.12. The van der Waals surface area contributed by atoms with Gasteiger partial charge in [0.25, 0.3) is 0 Å². The quantitative estimate of drug-likeness (QED) is 0.534. The van der Waals surface area contributed by atoms with Crippen molar-refractivity contribution in [2.75, 3.05) is 26.3 Å². The molecule has 0 atom stereocenters. The molecule has 0 aromatic carbocycles. The van der Waals surface area contributed by atoms with Crippen LogP contribution >= 0.6 is 0 Å². The Morgan fingerprint density at radius 1 is 1.56 bits per heavy atom. The number of ether oxygens (including phenoxy) is 1. The maximum atomic E-state index is 11.7. The Hall–Kier alpha value is -0.960. The maximum absolute atomic E-state index is 11.7. The van der Waals surface area contributed by atoms with Crippen LogP contribution in [0.2, 0.25) is 0 Å². The Kier molecular flexibility index (Phi) is 4.87. The molecule has 0 fully saturated rings. The molecule has 1 rings (SSSR count). The van der Waals surface area contributed by atoms with Crippen molar-refractivity contribution in [3.8, 4) is 0 Å². The molecule has 0 aliphatic carbocycles. The largest absolute Gasteiger partial charge is 0.379 e. The molecular formula is C8H16N4O3S. The van der Waals surface area contributed by atoms with E-state index in [4.69, 9.17) is 10.5 Å². The van der Waals surface area contributed by atoms with Crippen LogP contribution < -0.4 is 10.5 Å². The van der Waals surface area contributed by atoms with Crippen LogP contribution in [-0.4, -0.2) is 44.9 Å². The Balaban J connectivity index is 2.45. The van der Waals surface area contributed by atoms with Crippen molar-refractivity contribution in [1.82, 2.24) is 14.9 Å². The maximum Gasteiger partial charge on any atom is 0.244 e. The van der Waals surface area contributed by atoms with Crippen molar-refractivity contribution in [3.63, 3.8) is 0 Å². The first-order valence-electron chi connectivity index (χ1n) is 4.85. The number of nitrogens with two attached hydrogens (primary N) is 1. The van der Waals surface area contributed by atoms with Gasteiger partial charge >= 0.3 is 0 Å². The zero-order valence-corrected chi connectivity index (χ0v) is 9.88. The number of nitrogens with one attached hydrogen (secondary N) is 2. The van der Waals surface area contributed by atoms with Gasteiger partial charge in [-0.2, -0.15) is 5.10 Å². The third-order valence-corrected chi connectivity index (χ3v) is 3.45. The topological polar surface area (TPSA) is 110 Å². The first-order valence-corrected chi connectivity index (χ1v) is 6.33. The smallest absolute Gasteiger partial charge is 0.244 e. The summed E-state index contributed by atoms with van der Waals surface area (Å²) in [5, 5.41) is 6.22. The van der Waals surface area contributed by atoms with Gasteiger partial charge < -0.3 is 10.5 Å². The molecule has 0 saturated carbocycles. The second-order valence-corrected chi connectivity index (χ2v) is 4.89. The zero-order chi connectivity index (χ0) is 12.0. The number of nitrogens with zero attached hydrogens (tertiary/aromatic N) is 1. The van der Waals surface area contributed by atoms with Gasteiger partial charge in [0, 0.05) is 13.1 Å². The van der Waals surface area contributed by atoms with E-state index in [1.54, 1.807) is 6.92 Å². The summed E-state index contributed by atoms with van der Waals surface area (Å²) in [6.45, 7) is 3.01. The van der Waals surface area contributed by atoms with Gasteiger partial charge in [0.05, 0.1) is 25.1 Å². The highest BCUT2D eigenvalue weighted by atomic mass is 32.2. The summed E-state index contributed by atoms with van der Waals surface area (Å²) in [6.07, 6.45) is 1.28. The minimum absolute atomic E-state index is 0.159. The first kappa shape index (κ1) is 13.1. The van der Waals surface area contributed by atoms with Crippen molar-refractivity contribution < 1.29 is 13.2 Å². The predicted octanol–water partition coefficient (Wildman–Crippen LogP) is -1.03. The molecular weight excluding hydrogens is 232 g/mol. The van der Waals surface area contributed by atoms with Gasteiger partial charge in [0.15, 0.2) is 0 Å². The molecule has 8 heteroatoms. The van der Waals surface area contributed by atoms with Crippen LogP contribution in [-0.2, 0) is 14.8 Å². The number of aryl methyl sites for hydroxylation is 1. The Labute approximate surface area is 94.4 Å². The molecule has 0 aliphatic heterocycles. The van der Waals surface area contributed by atoms with E-state index in [9.17, 15) is 8.42 Å². The average Bonchev–Trinajstić information content (AvgIpc) is 2.65. The summed E-state index contributed by atoms with van der Waals surface area (Å²) >= 11 is 0. The lowest BCUT2D eigenvalue weighted by molar-refractivity contribution is 0.147. The van der Waals surface area contributed by atoms with Crippen molar-refractivity contribution >= 4 is 10.0 Å². The van der Waals surface area contributed by atoms with E-state index in [0.29, 0.717) is 25.5 Å². The molecule has 0 unspecified atom stereocenters. The number of H-pyrrole nitrogens is 1. The van der Waals surface area contributed by atoms with Crippen LogP contribution in [0.4, 0.5) is 0 Å². The van der Waals surface area contributed by atoms with E-state index in [-0.39, 0.29) is 11.4 Å². The highest BCUT2D eigenvalue weighted by Gasteiger charge is 2.17. The number of aromatic amines is 1. The van der Waals surface area contributed by atoms with Crippen LogP contribution in [0.1, 0.15) is 5.69 Å². The second kappa shape index (κ2) is 5.94. The lowest BCUT2D eigenvalue weighted by Crippen LogP contribution is -2.28. The van der Waals surface area contributed by atoms with Gasteiger partial charge in [-0.25, -0.2) is 13.1 Å². The predicted molar refractivity (Wildman–Crippen MR) is 58.4 cm³/mol. The van der Waals surface area contributed by atoms with E-state index in [0.717, 1.165) is 0 Å². The second-order valence-electron chi connectivity index (χ2n) is 3.16. The van der Waals surface area contributed by atoms with E-state index in [1.165, 1.54) is 6.20 Å². The molecule has 1 aromatic heterocycles. The molecule has 0 saturated heterocycles. The van der Waals surface area contributed by atoms with Crippen molar-refractivity contribution in [2.24, 2.45) is 5.73 Å². The normalized spacial score (nSPS) is 11.9. The van der Waals surface area contributed by atoms with Crippen LogP contribution in [0.3, 0.4) is 0 Å². The van der Waals surface area contributed by atoms with E-state index >= 15 is 0 Å². The first-order chi connectivity index (χ1) is 7.58. The molecule has 92 valence electrons. The van der Waals surface area contributed by atoms with E-state index in [1.807, 2.05) is 0 Å². The van der Waals surface area contributed by atoms with Crippen LogP contribution in [0.15, 0.2) is 11.1 Å². The van der Waals surface area contributed by atoms with Gasteiger partial charge in [-0.05, 0) is 6.92 Å². The van der Waals surface area contributed by atoms with Gasteiger partial charge in [-0.3, -0.25) is 5.10 Å². The molecule has 0 aliphatic rings. The monoisotopic (exact) mass is 248 g/mol. The molecule has 1 aromatic rings. The lowest BCUT2D eigenvalue weighted by atomic mass is 10.5. The molecule has 0 bridgehead atoms. The third-order valence-electron chi connectivity index (χ3n) is 1.87. The van der Waals surface area contributed by atoms with Crippen LogP contribution in [0, 0.1) is 6.92 Å². The molecule has 7 nitrogen and oxygen atoms in total. The van der Waals surface area contributed by atoms with Gasteiger partial charge in [0.1, 0.15) is 4.90 Å². The molecule has 1 heterocycles. The Morgan fingerprint density at radius 3 is 2.88 bits per heavy atom. The minimum atomic E-state index is -3.49. The van der Waals surface area contributed by atoms with Crippen LogP contribution in [0.25, 0.3) is 0 Å². The average molecular weight is 248 g/mol. The number of sulfonamides is 1. The molecule has 16 heavy (non-hydrogen) atoms. The molecule has 0 amide bonds. The number of rotatable bonds is 7. The fourth-order valence-corrected chi connectivity index (χ4v) is 2.27. The number of hydrogen-bond donors (Lipinski definition) is 3. The summed E-state index contributed by atoms with van der Waals surface area (Å²) in [4.78, 5) is 0.159. The third kappa shape index (κ3) is 3.56. The summed E-state index contributed by atoms with van der Waals surface area (Å²) in [5.41, 5.74) is 5.73. The summed E-state index contributed by atoms with van der Waals surface area (Å²) in [5.74, 6) is 0. The van der Waals surface area contributed by atoms with Crippen molar-refractivity contribution in [2.45, 2.75) is 11.8 Å². The summed E-state index contributed by atoms with van der Waals surface area (Å²) in [7, 11) is -3.49. The summed E-state index contributed by atoms with van der Waals surface area (Å²) < 4.78 is 30.8.